The summed E-state index contributed by atoms with van der Waals surface area (Å²) in [5.41, 5.74) is 4.58. The molecule has 0 bridgehead atoms. The molecule has 3 rings (SSSR count). The first-order valence-corrected chi connectivity index (χ1v) is 11.6. The van der Waals surface area contributed by atoms with Crippen LogP contribution < -0.4 is 5.32 Å². The Kier molecular flexibility index (Phi) is 8.46. The number of fused-ring (bicyclic) bond motifs is 3. The van der Waals surface area contributed by atoms with Crippen molar-refractivity contribution >= 4 is 18.0 Å². The van der Waals surface area contributed by atoms with Crippen molar-refractivity contribution in [1.29, 1.82) is 0 Å². The van der Waals surface area contributed by atoms with Gasteiger partial charge in [-0.2, -0.15) is 0 Å². The highest BCUT2D eigenvalue weighted by atomic mass is 16.5. The number of carbonyl (C=O) groups is 3. The number of ether oxygens (including phenoxy) is 1. The molecule has 0 aromatic heterocycles. The normalized spacial score (nSPS) is 13.0. The van der Waals surface area contributed by atoms with Crippen LogP contribution in [0.25, 0.3) is 11.1 Å². The summed E-state index contributed by atoms with van der Waals surface area (Å²) in [6.07, 6.45) is 1.03. The summed E-state index contributed by atoms with van der Waals surface area (Å²) < 4.78 is 5.57. The lowest BCUT2D eigenvalue weighted by atomic mass is 9.98. The number of unbranched alkanes of at least 4 members (excludes halogenated alkanes) is 1. The van der Waals surface area contributed by atoms with Crippen LogP contribution in [0.4, 0.5) is 4.79 Å². The quantitative estimate of drug-likeness (QED) is 0.493. The molecule has 0 aliphatic heterocycles. The van der Waals surface area contributed by atoms with Gasteiger partial charge in [-0.25, -0.2) is 4.79 Å². The number of amides is 2. The molecule has 0 saturated heterocycles. The summed E-state index contributed by atoms with van der Waals surface area (Å²) in [5.74, 6) is -1.06. The Hall–Kier alpha value is -3.35. The lowest BCUT2D eigenvalue weighted by molar-refractivity contribution is -0.137. The molecule has 176 valence electrons. The van der Waals surface area contributed by atoms with Crippen LogP contribution in [-0.2, 0) is 14.3 Å². The molecule has 1 aliphatic rings. The van der Waals surface area contributed by atoms with Gasteiger partial charge in [-0.15, -0.1) is 0 Å². The number of rotatable bonds is 11. The van der Waals surface area contributed by atoms with Crippen LogP contribution in [0.3, 0.4) is 0 Å². The molecular formula is C26H32N2O5. The highest BCUT2D eigenvalue weighted by molar-refractivity contribution is 5.85. The van der Waals surface area contributed by atoms with Gasteiger partial charge in [0, 0.05) is 25.4 Å². The number of nitrogens with zero attached hydrogens (tertiary/aromatic N) is 1. The molecule has 0 spiro atoms. The molecule has 1 aliphatic carbocycles. The monoisotopic (exact) mass is 452 g/mol. The Morgan fingerprint density at radius 1 is 1.00 bits per heavy atom. The zero-order chi connectivity index (χ0) is 23.8. The standard InChI is InChI=1S/C26H32N2O5/c1-3-23(25(31)28(4-2)16-10-9-15-24(29)30)27-26(32)33-17-22-20-13-7-5-11-18(20)19-12-6-8-14-21(19)22/h5-8,11-14,22-23H,3-4,9-10,15-17H2,1-2H3,(H,27,32)(H,29,30). The number of carboxylic acids is 1. The van der Waals surface area contributed by atoms with Gasteiger partial charge in [-0.1, -0.05) is 55.5 Å². The molecule has 7 nitrogen and oxygen atoms in total. The van der Waals surface area contributed by atoms with E-state index in [4.69, 9.17) is 9.84 Å². The fourth-order valence-electron chi connectivity index (χ4n) is 4.34. The lowest BCUT2D eigenvalue weighted by Crippen LogP contribution is -2.48. The maximum absolute atomic E-state index is 12.9. The highest BCUT2D eigenvalue weighted by Crippen LogP contribution is 2.44. The van der Waals surface area contributed by atoms with Gasteiger partial charge in [-0.05, 0) is 48.4 Å². The molecule has 2 aromatic rings. The Labute approximate surface area is 194 Å². The van der Waals surface area contributed by atoms with E-state index in [1.807, 2.05) is 38.1 Å². The van der Waals surface area contributed by atoms with E-state index in [-0.39, 0.29) is 24.9 Å². The Morgan fingerprint density at radius 2 is 1.61 bits per heavy atom. The number of alkyl carbamates (subject to hydrolysis) is 1. The average molecular weight is 453 g/mol. The minimum absolute atomic E-state index is 0.0414. The molecular weight excluding hydrogens is 420 g/mol. The van der Waals surface area contributed by atoms with Gasteiger partial charge in [0.1, 0.15) is 12.6 Å². The van der Waals surface area contributed by atoms with E-state index in [1.165, 1.54) is 0 Å². The van der Waals surface area contributed by atoms with E-state index in [0.29, 0.717) is 32.4 Å². The first kappa shape index (κ1) is 24.3. The minimum Gasteiger partial charge on any atom is -0.481 e. The molecule has 2 aromatic carbocycles. The predicted molar refractivity (Wildman–Crippen MR) is 126 cm³/mol. The molecule has 1 atom stereocenters. The van der Waals surface area contributed by atoms with E-state index in [9.17, 15) is 14.4 Å². The maximum Gasteiger partial charge on any atom is 0.407 e. The van der Waals surface area contributed by atoms with Gasteiger partial charge >= 0.3 is 12.1 Å². The Balaban J connectivity index is 1.57. The molecule has 0 fully saturated rings. The first-order chi connectivity index (χ1) is 16.0. The molecule has 7 heteroatoms. The predicted octanol–water partition coefficient (Wildman–Crippen LogP) is 4.41. The summed E-state index contributed by atoms with van der Waals surface area (Å²) in [5, 5.41) is 11.5. The van der Waals surface area contributed by atoms with Gasteiger partial charge in [0.25, 0.3) is 0 Å². The lowest BCUT2D eigenvalue weighted by Gasteiger charge is -2.26. The van der Waals surface area contributed by atoms with E-state index in [1.54, 1.807) is 4.90 Å². The van der Waals surface area contributed by atoms with Crippen molar-refractivity contribution in [2.75, 3.05) is 19.7 Å². The Bertz CT molecular complexity index is 945. The van der Waals surface area contributed by atoms with Crippen LogP contribution in [0.5, 0.6) is 0 Å². The number of likely N-dealkylation sites (N-methyl/N-ethyl adjacent to an activating group) is 1. The van der Waals surface area contributed by atoms with Crippen molar-refractivity contribution in [2.45, 2.75) is 51.5 Å². The SMILES string of the molecule is CCC(NC(=O)OCC1c2ccccc2-c2ccccc21)C(=O)N(CC)CCCCC(=O)O. The number of carboxylic acid groups (broad SMARTS) is 1. The van der Waals surface area contributed by atoms with Gasteiger partial charge in [0.15, 0.2) is 0 Å². The molecule has 1 unspecified atom stereocenters. The number of benzene rings is 2. The van der Waals surface area contributed by atoms with Crippen LogP contribution in [0.15, 0.2) is 48.5 Å². The third-order valence-electron chi connectivity index (χ3n) is 6.10. The summed E-state index contributed by atoms with van der Waals surface area (Å²) in [6, 6.07) is 15.6. The molecule has 0 heterocycles. The molecule has 0 saturated carbocycles. The van der Waals surface area contributed by atoms with Crippen LogP contribution in [0.2, 0.25) is 0 Å². The largest absolute Gasteiger partial charge is 0.481 e. The second kappa shape index (κ2) is 11.5. The second-order valence-electron chi connectivity index (χ2n) is 8.20. The van der Waals surface area contributed by atoms with Crippen molar-refractivity contribution in [1.82, 2.24) is 10.2 Å². The fourth-order valence-corrected chi connectivity index (χ4v) is 4.34. The molecule has 2 amide bonds. The van der Waals surface area contributed by atoms with Crippen LogP contribution in [0.1, 0.15) is 56.6 Å². The summed E-state index contributed by atoms with van der Waals surface area (Å²) in [6.45, 7) is 4.86. The van der Waals surface area contributed by atoms with Gasteiger partial charge in [0.05, 0.1) is 0 Å². The molecule has 2 N–H and O–H groups in total. The number of nitrogens with one attached hydrogen (secondary N) is 1. The van der Waals surface area contributed by atoms with Crippen molar-refractivity contribution < 1.29 is 24.2 Å². The fraction of sp³-hybridized carbons (Fsp3) is 0.423. The van der Waals surface area contributed by atoms with E-state index >= 15 is 0 Å². The topological polar surface area (TPSA) is 95.9 Å². The van der Waals surface area contributed by atoms with Gasteiger partial charge in [-0.3, -0.25) is 9.59 Å². The molecule has 0 radical (unpaired) electrons. The zero-order valence-electron chi connectivity index (χ0n) is 19.3. The van der Waals surface area contributed by atoms with E-state index < -0.39 is 18.1 Å². The van der Waals surface area contributed by atoms with Gasteiger partial charge in [0.2, 0.25) is 5.91 Å². The second-order valence-corrected chi connectivity index (χ2v) is 8.20. The molecule has 33 heavy (non-hydrogen) atoms. The van der Waals surface area contributed by atoms with Gasteiger partial charge < -0.3 is 20.1 Å². The van der Waals surface area contributed by atoms with Crippen LogP contribution >= 0.6 is 0 Å². The first-order valence-electron chi connectivity index (χ1n) is 11.6. The van der Waals surface area contributed by atoms with Crippen molar-refractivity contribution in [3.05, 3.63) is 59.7 Å². The third-order valence-corrected chi connectivity index (χ3v) is 6.10. The number of carbonyl (C=O) groups excluding carboxylic acids is 2. The Morgan fingerprint density at radius 3 is 2.15 bits per heavy atom. The summed E-state index contributed by atoms with van der Waals surface area (Å²) >= 11 is 0. The number of hydrogen-bond acceptors (Lipinski definition) is 4. The smallest absolute Gasteiger partial charge is 0.407 e. The maximum atomic E-state index is 12.9. The number of hydrogen-bond donors (Lipinski definition) is 2. The van der Waals surface area contributed by atoms with Crippen molar-refractivity contribution in [3.8, 4) is 11.1 Å². The summed E-state index contributed by atoms with van der Waals surface area (Å²) in [4.78, 5) is 37.8. The minimum atomic E-state index is -0.840. The zero-order valence-corrected chi connectivity index (χ0v) is 19.3. The third kappa shape index (κ3) is 5.92. The van der Waals surface area contributed by atoms with Crippen LogP contribution in [0, 0.1) is 0 Å². The van der Waals surface area contributed by atoms with E-state index in [0.717, 1.165) is 22.3 Å². The van der Waals surface area contributed by atoms with Crippen molar-refractivity contribution in [2.24, 2.45) is 0 Å². The average Bonchev–Trinajstić information content (AvgIpc) is 3.14. The number of aliphatic carboxylic acids is 1. The summed E-state index contributed by atoms with van der Waals surface area (Å²) in [7, 11) is 0. The highest BCUT2D eigenvalue weighted by Gasteiger charge is 2.30. The van der Waals surface area contributed by atoms with Crippen molar-refractivity contribution in [3.63, 3.8) is 0 Å². The van der Waals surface area contributed by atoms with Crippen LogP contribution in [-0.4, -0.2) is 53.7 Å². The van der Waals surface area contributed by atoms with E-state index in [2.05, 4.69) is 29.6 Å².